The number of ether oxygens (including phenoxy) is 1. The Bertz CT molecular complexity index is 619. The Balaban J connectivity index is 2.29. The molecule has 0 aliphatic carbocycles. The molecule has 0 saturated heterocycles. The second-order valence-corrected chi connectivity index (χ2v) is 5.89. The first-order valence-electron chi connectivity index (χ1n) is 6.37. The molecule has 1 heterocycles. The van der Waals surface area contributed by atoms with E-state index in [0.29, 0.717) is 17.0 Å². The van der Waals surface area contributed by atoms with Crippen LogP contribution in [0.2, 0.25) is 0 Å². The zero-order valence-electron chi connectivity index (χ0n) is 11.7. The average molecular weight is 291 g/mol. The van der Waals surface area contributed by atoms with Crippen LogP contribution >= 0.6 is 11.3 Å². The zero-order chi connectivity index (χ0) is 14.7. The molecule has 2 rings (SSSR count). The lowest BCUT2D eigenvalue weighted by molar-refractivity contribution is 0.0700. The van der Waals surface area contributed by atoms with E-state index in [1.54, 1.807) is 7.11 Å². The Morgan fingerprint density at radius 3 is 2.75 bits per heavy atom. The van der Waals surface area contributed by atoms with Crippen LogP contribution in [0.5, 0.6) is 5.75 Å². The first-order valence-corrected chi connectivity index (χ1v) is 7.18. The van der Waals surface area contributed by atoms with Gasteiger partial charge in [0, 0.05) is 6.42 Å². The van der Waals surface area contributed by atoms with E-state index >= 15 is 0 Å². The van der Waals surface area contributed by atoms with Crippen LogP contribution in [-0.2, 0) is 6.42 Å². The summed E-state index contributed by atoms with van der Waals surface area (Å²) in [6.07, 6.45) is 0.620. The standard InChI is InChI=1S/C15H17NO3S/c1-9(2)13-14(15(17)18)20-12(16-13)8-10-5-4-6-11(7-10)19-3/h4-7,9H,8H2,1-3H3,(H,17,18). The number of methoxy groups -OCH3 is 1. The van der Waals surface area contributed by atoms with Gasteiger partial charge >= 0.3 is 5.97 Å². The van der Waals surface area contributed by atoms with Gasteiger partial charge in [-0.1, -0.05) is 26.0 Å². The third-order valence-electron chi connectivity index (χ3n) is 2.93. The number of hydrogen-bond donors (Lipinski definition) is 1. The van der Waals surface area contributed by atoms with Crippen LogP contribution in [-0.4, -0.2) is 23.2 Å². The number of benzene rings is 1. The normalized spacial score (nSPS) is 10.8. The van der Waals surface area contributed by atoms with Gasteiger partial charge in [-0.25, -0.2) is 9.78 Å². The summed E-state index contributed by atoms with van der Waals surface area (Å²) in [6.45, 7) is 3.91. The maximum atomic E-state index is 11.2. The molecule has 0 aliphatic rings. The molecule has 0 saturated carbocycles. The number of aromatic carboxylic acids is 1. The van der Waals surface area contributed by atoms with E-state index in [2.05, 4.69) is 4.98 Å². The molecule has 0 bridgehead atoms. The first-order chi connectivity index (χ1) is 9.51. The summed E-state index contributed by atoms with van der Waals surface area (Å²) in [7, 11) is 1.63. The number of thiazole rings is 1. The number of carbonyl (C=O) groups is 1. The molecule has 2 aromatic rings. The molecule has 0 fully saturated rings. The van der Waals surface area contributed by atoms with Crippen molar-refractivity contribution >= 4 is 17.3 Å². The Labute approximate surface area is 122 Å². The van der Waals surface area contributed by atoms with Crippen molar-refractivity contribution in [3.05, 3.63) is 45.4 Å². The largest absolute Gasteiger partial charge is 0.497 e. The smallest absolute Gasteiger partial charge is 0.347 e. The van der Waals surface area contributed by atoms with Gasteiger partial charge in [-0.3, -0.25) is 0 Å². The van der Waals surface area contributed by atoms with E-state index < -0.39 is 5.97 Å². The lowest BCUT2D eigenvalue weighted by Crippen LogP contribution is -2.00. The van der Waals surface area contributed by atoms with Gasteiger partial charge in [-0.15, -0.1) is 11.3 Å². The van der Waals surface area contributed by atoms with Crippen molar-refractivity contribution in [2.75, 3.05) is 7.11 Å². The minimum Gasteiger partial charge on any atom is -0.497 e. The highest BCUT2D eigenvalue weighted by molar-refractivity contribution is 7.13. The number of nitrogens with zero attached hydrogens (tertiary/aromatic N) is 1. The maximum Gasteiger partial charge on any atom is 0.347 e. The van der Waals surface area contributed by atoms with Gasteiger partial charge < -0.3 is 9.84 Å². The van der Waals surface area contributed by atoms with E-state index in [0.717, 1.165) is 16.3 Å². The molecule has 1 aromatic carbocycles. The van der Waals surface area contributed by atoms with Crippen LogP contribution in [0.25, 0.3) is 0 Å². The van der Waals surface area contributed by atoms with Gasteiger partial charge in [0.25, 0.3) is 0 Å². The van der Waals surface area contributed by atoms with Gasteiger partial charge in [-0.05, 0) is 23.6 Å². The van der Waals surface area contributed by atoms with Gasteiger partial charge in [0.2, 0.25) is 0 Å². The molecule has 4 nitrogen and oxygen atoms in total. The number of hydrogen-bond acceptors (Lipinski definition) is 4. The first kappa shape index (κ1) is 14.5. The Hall–Kier alpha value is -1.88. The van der Waals surface area contributed by atoms with Crippen LogP contribution in [0.4, 0.5) is 0 Å². The molecule has 0 atom stereocenters. The van der Waals surface area contributed by atoms with Crippen molar-refractivity contribution in [2.24, 2.45) is 0 Å². The molecule has 5 heteroatoms. The molecule has 0 spiro atoms. The van der Waals surface area contributed by atoms with Gasteiger partial charge in [0.15, 0.2) is 0 Å². The van der Waals surface area contributed by atoms with Gasteiger partial charge in [-0.2, -0.15) is 0 Å². The summed E-state index contributed by atoms with van der Waals surface area (Å²) in [4.78, 5) is 16.1. The molecule has 0 radical (unpaired) electrons. The topological polar surface area (TPSA) is 59.4 Å². The number of carboxylic acids is 1. The van der Waals surface area contributed by atoms with E-state index in [1.165, 1.54) is 11.3 Å². The van der Waals surface area contributed by atoms with E-state index in [4.69, 9.17) is 4.74 Å². The van der Waals surface area contributed by atoms with E-state index in [9.17, 15) is 9.90 Å². The van der Waals surface area contributed by atoms with Crippen molar-refractivity contribution in [1.29, 1.82) is 0 Å². The van der Waals surface area contributed by atoms with Crippen molar-refractivity contribution in [3.8, 4) is 5.75 Å². The monoisotopic (exact) mass is 291 g/mol. The zero-order valence-corrected chi connectivity index (χ0v) is 12.5. The number of aromatic nitrogens is 1. The fourth-order valence-electron chi connectivity index (χ4n) is 1.96. The summed E-state index contributed by atoms with van der Waals surface area (Å²) in [5.41, 5.74) is 1.73. The molecule has 0 amide bonds. The fourth-order valence-corrected chi connectivity index (χ4v) is 3.05. The molecule has 0 unspecified atom stereocenters. The lowest BCUT2D eigenvalue weighted by atomic mass is 10.1. The van der Waals surface area contributed by atoms with E-state index in [-0.39, 0.29) is 5.92 Å². The van der Waals surface area contributed by atoms with Crippen LogP contribution < -0.4 is 4.74 Å². The molecule has 106 valence electrons. The number of carboxylic acid groups (broad SMARTS) is 1. The Kier molecular flexibility index (Phi) is 4.39. The van der Waals surface area contributed by atoms with Crippen molar-refractivity contribution in [1.82, 2.24) is 4.98 Å². The van der Waals surface area contributed by atoms with Crippen molar-refractivity contribution < 1.29 is 14.6 Å². The molecule has 1 aromatic heterocycles. The summed E-state index contributed by atoms with van der Waals surface area (Å²) in [5, 5.41) is 10.0. The molecule has 0 aliphatic heterocycles. The minimum absolute atomic E-state index is 0.108. The Morgan fingerprint density at radius 1 is 1.45 bits per heavy atom. The predicted molar refractivity (Wildman–Crippen MR) is 79.0 cm³/mol. The van der Waals surface area contributed by atoms with Gasteiger partial charge in [0.05, 0.1) is 17.8 Å². The second kappa shape index (κ2) is 6.05. The molecular formula is C15H17NO3S. The quantitative estimate of drug-likeness (QED) is 0.915. The van der Waals surface area contributed by atoms with Gasteiger partial charge in [0.1, 0.15) is 10.6 Å². The molecule has 1 N–H and O–H groups in total. The summed E-state index contributed by atoms with van der Waals surface area (Å²) < 4.78 is 5.19. The molecule has 20 heavy (non-hydrogen) atoms. The Morgan fingerprint density at radius 2 is 2.20 bits per heavy atom. The second-order valence-electron chi connectivity index (χ2n) is 4.81. The number of rotatable bonds is 5. The fraction of sp³-hybridized carbons (Fsp3) is 0.333. The van der Waals surface area contributed by atoms with Crippen LogP contribution in [0.1, 0.15) is 45.7 Å². The minimum atomic E-state index is -0.900. The van der Waals surface area contributed by atoms with Crippen molar-refractivity contribution in [3.63, 3.8) is 0 Å². The molecular weight excluding hydrogens is 274 g/mol. The van der Waals surface area contributed by atoms with E-state index in [1.807, 2.05) is 38.1 Å². The summed E-state index contributed by atoms with van der Waals surface area (Å²) in [5.74, 6) is 0.00102. The highest BCUT2D eigenvalue weighted by Crippen LogP contribution is 2.27. The highest BCUT2D eigenvalue weighted by Gasteiger charge is 2.19. The SMILES string of the molecule is COc1cccc(Cc2nc(C(C)C)c(C(=O)O)s2)c1. The third kappa shape index (κ3) is 3.17. The average Bonchev–Trinajstić information content (AvgIpc) is 2.83. The van der Waals surface area contributed by atoms with Crippen LogP contribution in [0.15, 0.2) is 24.3 Å². The lowest BCUT2D eigenvalue weighted by Gasteiger charge is -2.02. The van der Waals surface area contributed by atoms with Crippen LogP contribution in [0.3, 0.4) is 0 Å². The summed E-state index contributed by atoms with van der Waals surface area (Å²) >= 11 is 1.25. The highest BCUT2D eigenvalue weighted by atomic mass is 32.1. The predicted octanol–water partition coefficient (Wildman–Crippen LogP) is 3.56. The summed E-state index contributed by atoms with van der Waals surface area (Å²) in [6, 6.07) is 7.73. The third-order valence-corrected chi connectivity index (χ3v) is 3.99. The van der Waals surface area contributed by atoms with Crippen molar-refractivity contribution in [2.45, 2.75) is 26.2 Å². The van der Waals surface area contributed by atoms with Crippen LogP contribution in [0, 0.1) is 0 Å². The maximum absolute atomic E-state index is 11.2.